The number of benzene rings is 2. The third kappa shape index (κ3) is 4.13. The Morgan fingerprint density at radius 3 is 2.55 bits per heavy atom. The molecule has 9 heteroatoms. The van der Waals surface area contributed by atoms with Gasteiger partial charge >= 0.3 is 0 Å². The van der Waals surface area contributed by atoms with Crippen LogP contribution in [0.3, 0.4) is 0 Å². The minimum atomic E-state index is -1.01. The van der Waals surface area contributed by atoms with Gasteiger partial charge in [0.25, 0.3) is 5.91 Å². The van der Waals surface area contributed by atoms with Crippen molar-refractivity contribution in [3.8, 4) is 28.6 Å². The molecule has 0 fully saturated rings. The minimum Gasteiger partial charge on any atom is -0.507 e. The highest BCUT2D eigenvalue weighted by Crippen LogP contribution is 2.42. The Labute approximate surface area is 171 Å². The summed E-state index contributed by atoms with van der Waals surface area (Å²) in [6.07, 6.45) is -0.687. The number of aliphatic hydroxyl groups is 1. The van der Waals surface area contributed by atoms with E-state index in [2.05, 4.69) is 10.5 Å². The predicted octanol–water partition coefficient (Wildman–Crippen LogP) is 4.11. The van der Waals surface area contributed by atoms with Crippen LogP contribution >= 0.6 is 11.6 Å². The fourth-order valence-corrected chi connectivity index (χ4v) is 2.85. The van der Waals surface area contributed by atoms with Gasteiger partial charge < -0.3 is 29.9 Å². The fourth-order valence-electron chi connectivity index (χ4n) is 2.69. The molecule has 0 saturated carbocycles. The van der Waals surface area contributed by atoms with Crippen molar-refractivity contribution in [1.29, 1.82) is 0 Å². The van der Waals surface area contributed by atoms with Crippen LogP contribution in [0.5, 0.6) is 17.2 Å². The molecule has 0 aliphatic rings. The number of amides is 1. The number of phenols is 2. The van der Waals surface area contributed by atoms with Crippen LogP contribution < -0.4 is 10.1 Å². The third-order valence-electron chi connectivity index (χ3n) is 4.32. The molecule has 4 N–H and O–H groups in total. The van der Waals surface area contributed by atoms with E-state index in [4.69, 9.17) is 20.9 Å². The lowest BCUT2D eigenvalue weighted by molar-refractivity contribution is 0.102. The van der Waals surface area contributed by atoms with Gasteiger partial charge in [0.05, 0.1) is 17.7 Å². The summed E-state index contributed by atoms with van der Waals surface area (Å²) in [5.74, 6) is -0.539. The molecule has 0 aliphatic heterocycles. The minimum absolute atomic E-state index is 0.00578. The standard InChI is InChI=1S/C20H19ClN2O6/c1-3-14(24)17-18(22-20(27)10-4-6-11(28-2)7-5-10)19(29-23-17)12-8-13(21)16(26)9-15(12)25/h4-9,14,24-26H,3H2,1-2H3,(H,22,27). The lowest BCUT2D eigenvalue weighted by Gasteiger charge is -2.11. The normalized spacial score (nSPS) is 11.9. The molecule has 3 rings (SSSR count). The average Bonchev–Trinajstić information content (AvgIpc) is 3.13. The van der Waals surface area contributed by atoms with Crippen LogP contribution in [-0.4, -0.2) is 33.5 Å². The molecular weight excluding hydrogens is 400 g/mol. The molecule has 1 aromatic heterocycles. The van der Waals surface area contributed by atoms with Gasteiger partial charge in [0.1, 0.15) is 34.7 Å². The fraction of sp³-hybridized carbons (Fsp3) is 0.200. The maximum Gasteiger partial charge on any atom is 0.255 e. The number of carbonyl (C=O) groups excluding carboxylic acids is 1. The molecule has 1 amide bonds. The van der Waals surface area contributed by atoms with Crippen molar-refractivity contribution in [3.63, 3.8) is 0 Å². The van der Waals surface area contributed by atoms with Gasteiger partial charge in [-0.2, -0.15) is 0 Å². The summed E-state index contributed by atoms with van der Waals surface area (Å²) in [5.41, 5.74) is 0.632. The SMILES string of the molecule is CCC(O)c1noc(-c2cc(Cl)c(O)cc2O)c1NC(=O)c1ccc(OC)cc1. The number of carbonyl (C=O) groups is 1. The summed E-state index contributed by atoms with van der Waals surface area (Å²) in [6, 6.07) is 8.75. The molecule has 29 heavy (non-hydrogen) atoms. The van der Waals surface area contributed by atoms with E-state index in [-0.39, 0.29) is 39.2 Å². The number of ether oxygens (including phenoxy) is 1. The Morgan fingerprint density at radius 1 is 1.24 bits per heavy atom. The van der Waals surface area contributed by atoms with Crippen molar-refractivity contribution in [2.75, 3.05) is 12.4 Å². The van der Waals surface area contributed by atoms with Crippen LogP contribution in [0.4, 0.5) is 5.69 Å². The van der Waals surface area contributed by atoms with Crippen molar-refractivity contribution in [1.82, 2.24) is 5.16 Å². The van der Waals surface area contributed by atoms with E-state index >= 15 is 0 Å². The zero-order chi connectivity index (χ0) is 21.1. The average molecular weight is 419 g/mol. The van der Waals surface area contributed by atoms with Gasteiger partial charge in [-0.05, 0) is 36.8 Å². The highest BCUT2D eigenvalue weighted by Gasteiger charge is 2.26. The number of aromatic nitrogens is 1. The van der Waals surface area contributed by atoms with Crippen LogP contribution in [0.2, 0.25) is 5.02 Å². The number of methoxy groups -OCH3 is 1. The number of halogens is 1. The van der Waals surface area contributed by atoms with E-state index in [1.165, 1.54) is 13.2 Å². The molecule has 0 aliphatic carbocycles. The van der Waals surface area contributed by atoms with Crippen LogP contribution in [0.25, 0.3) is 11.3 Å². The Kier molecular flexibility index (Phi) is 5.95. The van der Waals surface area contributed by atoms with Gasteiger partial charge in [0.2, 0.25) is 0 Å². The predicted molar refractivity (Wildman–Crippen MR) is 106 cm³/mol. The number of rotatable bonds is 6. The molecule has 8 nitrogen and oxygen atoms in total. The third-order valence-corrected chi connectivity index (χ3v) is 4.62. The highest BCUT2D eigenvalue weighted by molar-refractivity contribution is 6.32. The number of aromatic hydroxyl groups is 2. The number of nitrogens with zero attached hydrogens (tertiary/aromatic N) is 1. The summed E-state index contributed by atoms with van der Waals surface area (Å²) < 4.78 is 10.4. The second kappa shape index (κ2) is 8.42. The van der Waals surface area contributed by atoms with Gasteiger partial charge in [-0.1, -0.05) is 23.7 Å². The van der Waals surface area contributed by atoms with E-state index in [9.17, 15) is 20.1 Å². The maximum absolute atomic E-state index is 12.7. The quantitative estimate of drug-likeness (QED) is 0.474. The summed E-state index contributed by atoms with van der Waals surface area (Å²) in [6.45, 7) is 1.74. The first-order chi connectivity index (χ1) is 13.8. The molecular formula is C20H19ClN2O6. The van der Waals surface area contributed by atoms with Crippen molar-refractivity contribution in [3.05, 3.63) is 52.7 Å². The van der Waals surface area contributed by atoms with E-state index in [1.807, 2.05) is 0 Å². The Bertz CT molecular complexity index is 1030. The Hall–Kier alpha value is -3.23. The number of hydrogen-bond acceptors (Lipinski definition) is 7. The number of phenolic OH excluding ortho intramolecular Hbond substituents is 2. The van der Waals surface area contributed by atoms with Crippen LogP contribution in [-0.2, 0) is 0 Å². The largest absolute Gasteiger partial charge is 0.507 e. The van der Waals surface area contributed by atoms with Gasteiger partial charge in [0.15, 0.2) is 5.76 Å². The van der Waals surface area contributed by atoms with Crippen LogP contribution in [0.1, 0.15) is 35.5 Å². The number of hydrogen-bond donors (Lipinski definition) is 4. The lowest BCUT2D eigenvalue weighted by atomic mass is 10.1. The molecule has 1 heterocycles. The first-order valence-corrected chi connectivity index (χ1v) is 9.08. The number of nitrogens with one attached hydrogen (secondary N) is 1. The highest BCUT2D eigenvalue weighted by atomic mass is 35.5. The maximum atomic E-state index is 12.7. The van der Waals surface area contributed by atoms with Gasteiger partial charge in [-0.15, -0.1) is 0 Å². The van der Waals surface area contributed by atoms with Crippen molar-refractivity contribution in [2.24, 2.45) is 0 Å². The summed E-state index contributed by atoms with van der Waals surface area (Å²) >= 11 is 5.94. The molecule has 3 aromatic rings. The topological polar surface area (TPSA) is 125 Å². The zero-order valence-electron chi connectivity index (χ0n) is 15.6. The molecule has 0 radical (unpaired) electrons. The van der Waals surface area contributed by atoms with Crippen molar-refractivity contribution in [2.45, 2.75) is 19.4 Å². The van der Waals surface area contributed by atoms with Crippen molar-refractivity contribution < 1.29 is 29.4 Å². The second-order valence-electron chi connectivity index (χ2n) is 6.20. The first kappa shape index (κ1) is 20.5. The van der Waals surface area contributed by atoms with Crippen LogP contribution in [0, 0.1) is 0 Å². The van der Waals surface area contributed by atoms with E-state index in [1.54, 1.807) is 31.2 Å². The summed E-state index contributed by atoms with van der Waals surface area (Å²) in [7, 11) is 1.52. The number of aliphatic hydroxyl groups excluding tert-OH is 1. The molecule has 152 valence electrons. The molecule has 1 atom stereocenters. The second-order valence-corrected chi connectivity index (χ2v) is 6.61. The molecule has 2 aromatic carbocycles. The number of anilines is 1. The molecule has 0 bridgehead atoms. The summed E-state index contributed by atoms with van der Waals surface area (Å²) in [4.78, 5) is 12.7. The Morgan fingerprint density at radius 2 is 1.93 bits per heavy atom. The molecule has 1 unspecified atom stereocenters. The summed E-state index contributed by atoms with van der Waals surface area (Å²) in [5, 5.41) is 36.6. The molecule has 0 spiro atoms. The first-order valence-electron chi connectivity index (χ1n) is 8.70. The Balaban J connectivity index is 2.05. The van der Waals surface area contributed by atoms with Gasteiger partial charge in [-0.3, -0.25) is 4.79 Å². The van der Waals surface area contributed by atoms with Crippen molar-refractivity contribution >= 4 is 23.2 Å². The van der Waals surface area contributed by atoms with Crippen LogP contribution in [0.15, 0.2) is 40.9 Å². The lowest BCUT2D eigenvalue weighted by Crippen LogP contribution is -2.14. The van der Waals surface area contributed by atoms with E-state index < -0.39 is 12.0 Å². The van der Waals surface area contributed by atoms with E-state index in [0.29, 0.717) is 17.7 Å². The smallest absolute Gasteiger partial charge is 0.255 e. The van der Waals surface area contributed by atoms with Gasteiger partial charge in [0, 0.05) is 11.6 Å². The molecule has 0 saturated heterocycles. The monoisotopic (exact) mass is 418 g/mol. The van der Waals surface area contributed by atoms with Gasteiger partial charge in [-0.25, -0.2) is 0 Å². The van der Waals surface area contributed by atoms with E-state index in [0.717, 1.165) is 6.07 Å². The zero-order valence-corrected chi connectivity index (χ0v) is 16.4.